The lowest BCUT2D eigenvalue weighted by molar-refractivity contribution is 0.102. The van der Waals surface area contributed by atoms with Gasteiger partial charge in [-0.05, 0) is 49.7 Å². The molecule has 0 aliphatic rings. The van der Waals surface area contributed by atoms with Gasteiger partial charge in [-0.2, -0.15) is 0 Å². The Morgan fingerprint density at radius 2 is 1.90 bits per heavy atom. The van der Waals surface area contributed by atoms with Gasteiger partial charge in [0.1, 0.15) is 5.82 Å². The maximum Gasteiger partial charge on any atom is 0.255 e. The maximum absolute atomic E-state index is 13.4. The van der Waals surface area contributed by atoms with E-state index >= 15 is 0 Å². The molecule has 20 heavy (non-hydrogen) atoms. The SMILES string of the molecule is Cc1c(F)cccc1NC(=O)c1ccc(CCN)cc1. The number of amides is 1. The Morgan fingerprint density at radius 3 is 2.55 bits per heavy atom. The highest BCUT2D eigenvalue weighted by atomic mass is 19.1. The van der Waals surface area contributed by atoms with Gasteiger partial charge >= 0.3 is 0 Å². The molecule has 0 saturated heterocycles. The van der Waals surface area contributed by atoms with Gasteiger partial charge < -0.3 is 11.1 Å². The van der Waals surface area contributed by atoms with Gasteiger partial charge in [-0.3, -0.25) is 4.79 Å². The summed E-state index contributed by atoms with van der Waals surface area (Å²) in [5.41, 5.74) is 8.02. The molecule has 0 spiro atoms. The predicted octanol–water partition coefficient (Wildman–Crippen LogP) is 2.89. The molecule has 0 atom stereocenters. The summed E-state index contributed by atoms with van der Waals surface area (Å²) in [5.74, 6) is -0.584. The quantitative estimate of drug-likeness (QED) is 0.899. The lowest BCUT2D eigenvalue weighted by Crippen LogP contribution is -2.13. The number of nitrogens with two attached hydrogens (primary N) is 1. The van der Waals surface area contributed by atoms with Gasteiger partial charge in [0, 0.05) is 16.8 Å². The second kappa shape index (κ2) is 6.30. The van der Waals surface area contributed by atoms with E-state index in [1.165, 1.54) is 6.07 Å². The summed E-state index contributed by atoms with van der Waals surface area (Å²) in [7, 11) is 0. The van der Waals surface area contributed by atoms with E-state index in [0.717, 1.165) is 12.0 Å². The molecule has 2 rings (SSSR count). The first-order valence-corrected chi connectivity index (χ1v) is 6.47. The third-order valence-corrected chi connectivity index (χ3v) is 3.17. The number of halogens is 1. The molecule has 0 saturated carbocycles. The van der Waals surface area contributed by atoms with E-state index in [0.29, 0.717) is 23.4 Å². The Hall–Kier alpha value is -2.20. The number of rotatable bonds is 4. The molecule has 3 N–H and O–H groups in total. The van der Waals surface area contributed by atoms with E-state index in [1.54, 1.807) is 31.2 Å². The van der Waals surface area contributed by atoms with Crippen molar-refractivity contribution >= 4 is 11.6 Å². The standard InChI is InChI=1S/C16H17FN2O/c1-11-14(17)3-2-4-15(11)19-16(20)13-7-5-12(6-8-13)9-10-18/h2-8H,9-10,18H2,1H3,(H,19,20). The van der Waals surface area contributed by atoms with Gasteiger partial charge in [0.05, 0.1) is 0 Å². The van der Waals surface area contributed by atoms with Crippen molar-refractivity contribution < 1.29 is 9.18 Å². The summed E-state index contributed by atoms with van der Waals surface area (Å²) in [5, 5.41) is 2.72. The van der Waals surface area contributed by atoms with Crippen molar-refractivity contribution in [2.45, 2.75) is 13.3 Å². The smallest absolute Gasteiger partial charge is 0.255 e. The fraction of sp³-hybridized carbons (Fsp3) is 0.188. The number of benzene rings is 2. The highest BCUT2D eigenvalue weighted by Gasteiger charge is 2.09. The third-order valence-electron chi connectivity index (χ3n) is 3.17. The molecular formula is C16H17FN2O. The van der Waals surface area contributed by atoms with Crippen LogP contribution < -0.4 is 11.1 Å². The maximum atomic E-state index is 13.4. The predicted molar refractivity (Wildman–Crippen MR) is 78.3 cm³/mol. The van der Waals surface area contributed by atoms with Crippen LogP contribution >= 0.6 is 0 Å². The molecule has 0 aromatic heterocycles. The lowest BCUT2D eigenvalue weighted by Gasteiger charge is -2.09. The molecule has 2 aromatic rings. The summed E-state index contributed by atoms with van der Waals surface area (Å²) in [6.45, 7) is 2.21. The Labute approximate surface area is 117 Å². The van der Waals surface area contributed by atoms with Crippen LogP contribution in [0.3, 0.4) is 0 Å². The van der Waals surface area contributed by atoms with E-state index < -0.39 is 0 Å². The molecule has 4 heteroatoms. The number of carbonyl (C=O) groups is 1. The number of nitrogens with one attached hydrogen (secondary N) is 1. The Balaban J connectivity index is 2.13. The Kier molecular flexibility index (Phi) is 4.48. The first-order valence-electron chi connectivity index (χ1n) is 6.47. The highest BCUT2D eigenvalue weighted by molar-refractivity contribution is 6.04. The van der Waals surface area contributed by atoms with Crippen LogP contribution in [-0.4, -0.2) is 12.5 Å². The number of hydrogen-bond acceptors (Lipinski definition) is 2. The number of anilines is 1. The minimum absolute atomic E-state index is 0.252. The van der Waals surface area contributed by atoms with E-state index in [1.807, 2.05) is 12.1 Å². The molecule has 104 valence electrons. The van der Waals surface area contributed by atoms with Crippen molar-refractivity contribution in [3.05, 3.63) is 65.0 Å². The van der Waals surface area contributed by atoms with Crippen LogP contribution in [0.15, 0.2) is 42.5 Å². The van der Waals surface area contributed by atoms with Crippen molar-refractivity contribution in [3.8, 4) is 0 Å². The second-order valence-electron chi connectivity index (χ2n) is 4.60. The fourth-order valence-electron chi connectivity index (χ4n) is 1.93. The van der Waals surface area contributed by atoms with Crippen LogP contribution in [0, 0.1) is 12.7 Å². The molecule has 2 aromatic carbocycles. The van der Waals surface area contributed by atoms with Crippen molar-refractivity contribution in [1.29, 1.82) is 0 Å². The van der Waals surface area contributed by atoms with E-state index in [2.05, 4.69) is 5.32 Å². The highest BCUT2D eigenvalue weighted by Crippen LogP contribution is 2.18. The molecule has 0 aliphatic carbocycles. The van der Waals surface area contributed by atoms with Gasteiger partial charge in [-0.25, -0.2) is 4.39 Å². The fourth-order valence-corrected chi connectivity index (χ4v) is 1.93. The van der Waals surface area contributed by atoms with Crippen LogP contribution in [0.5, 0.6) is 0 Å². The molecule has 0 radical (unpaired) electrons. The number of carbonyl (C=O) groups excluding carboxylic acids is 1. The van der Waals surface area contributed by atoms with E-state index in [4.69, 9.17) is 5.73 Å². The first kappa shape index (κ1) is 14.2. The van der Waals surface area contributed by atoms with Gasteiger partial charge in [-0.1, -0.05) is 18.2 Å². The lowest BCUT2D eigenvalue weighted by atomic mass is 10.1. The van der Waals surface area contributed by atoms with Crippen molar-refractivity contribution in [2.75, 3.05) is 11.9 Å². The van der Waals surface area contributed by atoms with Gasteiger partial charge in [-0.15, -0.1) is 0 Å². The first-order chi connectivity index (χ1) is 9.61. The van der Waals surface area contributed by atoms with Crippen LogP contribution in [-0.2, 0) is 6.42 Å². The topological polar surface area (TPSA) is 55.1 Å². The van der Waals surface area contributed by atoms with Crippen LogP contribution in [0.4, 0.5) is 10.1 Å². The largest absolute Gasteiger partial charge is 0.330 e. The summed E-state index contributed by atoms with van der Waals surface area (Å²) >= 11 is 0. The Bertz CT molecular complexity index is 608. The second-order valence-corrected chi connectivity index (χ2v) is 4.60. The molecule has 0 fully saturated rings. The number of hydrogen-bond donors (Lipinski definition) is 2. The average molecular weight is 272 g/mol. The van der Waals surface area contributed by atoms with Crippen LogP contribution in [0.25, 0.3) is 0 Å². The molecular weight excluding hydrogens is 255 g/mol. The molecule has 0 bridgehead atoms. The van der Waals surface area contributed by atoms with Gasteiger partial charge in [0.25, 0.3) is 5.91 Å². The normalized spacial score (nSPS) is 10.3. The van der Waals surface area contributed by atoms with Crippen molar-refractivity contribution in [3.63, 3.8) is 0 Å². The molecule has 3 nitrogen and oxygen atoms in total. The summed E-state index contributed by atoms with van der Waals surface area (Å²) < 4.78 is 13.4. The third kappa shape index (κ3) is 3.22. The van der Waals surface area contributed by atoms with E-state index in [9.17, 15) is 9.18 Å². The molecule has 1 amide bonds. The molecule has 0 unspecified atom stereocenters. The monoisotopic (exact) mass is 272 g/mol. The minimum atomic E-state index is -0.332. The van der Waals surface area contributed by atoms with Crippen molar-refractivity contribution in [2.24, 2.45) is 5.73 Å². The summed E-state index contributed by atoms with van der Waals surface area (Å²) in [6.07, 6.45) is 0.783. The van der Waals surface area contributed by atoms with Crippen LogP contribution in [0.2, 0.25) is 0 Å². The molecule has 0 aliphatic heterocycles. The van der Waals surface area contributed by atoms with Crippen LogP contribution in [0.1, 0.15) is 21.5 Å². The zero-order valence-electron chi connectivity index (χ0n) is 11.3. The minimum Gasteiger partial charge on any atom is -0.330 e. The van der Waals surface area contributed by atoms with Gasteiger partial charge in [0.15, 0.2) is 0 Å². The summed E-state index contributed by atoms with van der Waals surface area (Å²) in [4.78, 5) is 12.1. The van der Waals surface area contributed by atoms with Gasteiger partial charge in [0.2, 0.25) is 0 Å². The molecule has 0 heterocycles. The Morgan fingerprint density at radius 1 is 1.20 bits per heavy atom. The average Bonchev–Trinajstić information content (AvgIpc) is 2.45. The van der Waals surface area contributed by atoms with Crippen molar-refractivity contribution in [1.82, 2.24) is 0 Å². The van der Waals surface area contributed by atoms with E-state index in [-0.39, 0.29) is 11.7 Å². The summed E-state index contributed by atoms with van der Waals surface area (Å²) in [6, 6.07) is 11.9. The zero-order valence-corrected chi connectivity index (χ0v) is 11.3. The zero-order chi connectivity index (χ0) is 14.5.